The number of aromatic nitrogens is 3. The van der Waals surface area contributed by atoms with Crippen molar-refractivity contribution in [1.29, 1.82) is 0 Å². The highest BCUT2D eigenvalue weighted by molar-refractivity contribution is 5.79. The van der Waals surface area contributed by atoms with Crippen LogP contribution < -0.4 is 10.1 Å². The van der Waals surface area contributed by atoms with Gasteiger partial charge in [-0.05, 0) is 19.1 Å². The number of carbonyl (C=O) groups excluding carboxylic acids is 1. The predicted octanol–water partition coefficient (Wildman–Crippen LogP) is 1.03. The Bertz CT molecular complexity index is 499. The van der Waals surface area contributed by atoms with E-state index in [1.165, 1.54) is 17.3 Å². The van der Waals surface area contributed by atoms with E-state index in [9.17, 15) is 4.79 Å². The van der Waals surface area contributed by atoms with Crippen LogP contribution in [-0.2, 0) is 4.79 Å². The Morgan fingerprint density at radius 2 is 2.21 bits per heavy atom. The highest BCUT2D eigenvalue weighted by Gasteiger charge is 2.14. The molecule has 2 rings (SSSR count). The van der Waals surface area contributed by atoms with Crippen LogP contribution >= 0.6 is 0 Å². The van der Waals surface area contributed by atoms with Crippen LogP contribution in [0.1, 0.15) is 13.0 Å². The molecule has 1 aromatic carbocycles. The molecule has 0 bridgehead atoms. The van der Waals surface area contributed by atoms with Crippen molar-refractivity contribution in [2.45, 2.75) is 13.0 Å². The maximum absolute atomic E-state index is 11.8. The molecule has 0 unspecified atom stereocenters. The Morgan fingerprint density at radius 3 is 2.89 bits per heavy atom. The smallest absolute Gasteiger partial charge is 0.244 e. The molecule has 19 heavy (non-hydrogen) atoms. The molecule has 0 aliphatic rings. The first-order valence-corrected chi connectivity index (χ1v) is 6.07. The van der Waals surface area contributed by atoms with Crippen molar-refractivity contribution >= 4 is 5.91 Å². The van der Waals surface area contributed by atoms with Crippen molar-refractivity contribution in [3.05, 3.63) is 43.0 Å². The zero-order valence-corrected chi connectivity index (χ0v) is 10.7. The summed E-state index contributed by atoms with van der Waals surface area (Å²) in [6.07, 6.45) is 2.92. The Kier molecular flexibility index (Phi) is 4.49. The predicted molar refractivity (Wildman–Crippen MR) is 69.7 cm³/mol. The SMILES string of the molecule is C[C@H](C(=O)NCCOc1ccccc1)n1cncn1. The monoisotopic (exact) mass is 260 g/mol. The molecule has 1 aromatic heterocycles. The lowest BCUT2D eigenvalue weighted by molar-refractivity contribution is -0.124. The van der Waals surface area contributed by atoms with E-state index in [-0.39, 0.29) is 11.9 Å². The summed E-state index contributed by atoms with van der Waals surface area (Å²) in [6.45, 7) is 2.65. The third kappa shape index (κ3) is 3.80. The van der Waals surface area contributed by atoms with Gasteiger partial charge < -0.3 is 10.1 Å². The Balaban J connectivity index is 1.70. The van der Waals surface area contributed by atoms with E-state index < -0.39 is 0 Å². The van der Waals surface area contributed by atoms with Gasteiger partial charge in [0.05, 0.1) is 6.54 Å². The molecule has 0 spiro atoms. The second kappa shape index (κ2) is 6.53. The van der Waals surface area contributed by atoms with E-state index in [0.29, 0.717) is 13.2 Å². The van der Waals surface area contributed by atoms with Crippen LogP contribution in [-0.4, -0.2) is 33.8 Å². The molecular weight excluding hydrogens is 244 g/mol. The molecule has 1 amide bonds. The van der Waals surface area contributed by atoms with Gasteiger partial charge in [0.25, 0.3) is 0 Å². The van der Waals surface area contributed by atoms with Gasteiger partial charge in [0.1, 0.15) is 31.1 Å². The molecule has 0 fully saturated rings. The van der Waals surface area contributed by atoms with Crippen LogP contribution in [0.2, 0.25) is 0 Å². The van der Waals surface area contributed by atoms with Gasteiger partial charge in [-0.25, -0.2) is 9.67 Å². The molecule has 0 radical (unpaired) electrons. The molecule has 0 saturated heterocycles. The van der Waals surface area contributed by atoms with Gasteiger partial charge >= 0.3 is 0 Å². The first-order valence-electron chi connectivity index (χ1n) is 6.07. The van der Waals surface area contributed by atoms with Crippen LogP contribution in [0, 0.1) is 0 Å². The average Bonchev–Trinajstić information content (AvgIpc) is 2.98. The van der Waals surface area contributed by atoms with Gasteiger partial charge in [0, 0.05) is 0 Å². The van der Waals surface area contributed by atoms with Crippen LogP contribution in [0.3, 0.4) is 0 Å². The molecule has 2 aromatic rings. The summed E-state index contributed by atoms with van der Waals surface area (Å²) in [5.41, 5.74) is 0. The maximum Gasteiger partial charge on any atom is 0.244 e. The third-order valence-corrected chi connectivity index (χ3v) is 2.63. The highest BCUT2D eigenvalue weighted by atomic mass is 16.5. The number of nitrogens with one attached hydrogen (secondary N) is 1. The number of hydrogen-bond acceptors (Lipinski definition) is 4. The summed E-state index contributed by atoms with van der Waals surface area (Å²) >= 11 is 0. The summed E-state index contributed by atoms with van der Waals surface area (Å²) < 4.78 is 6.98. The van der Waals surface area contributed by atoms with Gasteiger partial charge in [-0.1, -0.05) is 18.2 Å². The molecule has 0 aliphatic heterocycles. The van der Waals surface area contributed by atoms with Crippen molar-refractivity contribution in [2.75, 3.05) is 13.2 Å². The van der Waals surface area contributed by atoms with Gasteiger partial charge in [0.15, 0.2) is 0 Å². The zero-order chi connectivity index (χ0) is 13.5. The van der Waals surface area contributed by atoms with Crippen molar-refractivity contribution in [3.63, 3.8) is 0 Å². The van der Waals surface area contributed by atoms with Crippen LogP contribution in [0.15, 0.2) is 43.0 Å². The highest BCUT2D eigenvalue weighted by Crippen LogP contribution is 2.07. The summed E-state index contributed by atoms with van der Waals surface area (Å²) in [6, 6.07) is 9.11. The molecular formula is C13H16N4O2. The number of carbonyl (C=O) groups is 1. The molecule has 100 valence electrons. The first-order chi connectivity index (χ1) is 9.27. The number of para-hydroxylation sites is 1. The lowest BCUT2D eigenvalue weighted by Gasteiger charge is -2.12. The summed E-state index contributed by atoms with van der Waals surface area (Å²) in [4.78, 5) is 15.6. The van der Waals surface area contributed by atoms with E-state index in [1.807, 2.05) is 30.3 Å². The summed E-state index contributed by atoms with van der Waals surface area (Å²) in [5, 5.41) is 6.71. The summed E-state index contributed by atoms with van der Waals surface area (Å²) in [7, 11) is 0. The second-order valence-electron chi connectivity index (χ2n) is 4.00. The number of hydrogen-bond donors (Lipinski definition) is 1. The van der Waals surface area contributed by atoms with Crippen LogP contribution in [0.25, 0.3) is 0 Å². The third-order valence-electron chi connectivity index (χ3n) is 2.63. The Morgan fingerprint density at radius 1 is 1.42 bits per heavy atom. The standard InChI is InChI=1S/C13H16N4O2/c1-11(17-10-14-9-16-17)13(18)15-7-8-19-12-5-3-2-4-6-12/h2-6,9-11H,7-8H2,1H3,(H,15,18)/t11-/m1/s1. The van der Waals surface area contributed by atoms with Gasteiger partial charge in [-0.3, -0.25) is 4.79 Å². The minimum atomic E-state index is -0.376. The topological polar surface area (TPSA) is 69.0 Å². The van der Waals surface area contributed by atoms with Gasteiger partial charge in [0.2, 0.25) is 5.91 Å². The first kappa shape index (κ1) is 13.1. The van der Waals surface area contributed by atoms with E-state index >= 15 is 0 Å². The van der Waals surface area contributed by atoms with Crippen molar-refractivity contribution in [3.8, 4) is 5.75 Å². The van der Waals surface area contributed by atoms with Crippen molar-refractivity contribution in [2.24, 2.45) is 0 Å². The normalized spacial score (nSPS) is 11.8. The lowest BCUT2D eigenvalue weighted by Crippen LogP contribution is -2.34. The average molecular weight is 260 g/mol. The van der Waals surface area contributed by atoms with Crippen LogP contribution in [0.5, 0.6) is 5.75 Å². The van der Waals surface area contributed by atoms with E-state index in [0.717, 1.165) is 5.75 Å². The number of nitrogens with zero attached hydrogens (tertiary/aromatic N) is 3. The maximum atomic E-state index is 11.8. The van der Waals surface area contributed by atoms with E-state index in [4.69, 9.17) is 4.74 Å². The molecule has 0 aliphatic carbocycles. The van der Waals surface area contributed by atoms with Crippen molar-refractivity contribution in [1.82, 2.24) is 20.1 Å². The molecule has 6 heteroatoms. The number of ether oxygens (including phenoxy) is 1. The Hall–Kier alpha value is -2.37. The van der Waals surface area contributed by atoms with Gasteiger partial charge in [-0.2, -0.15) is 5.10 Å². The number of benzene rings is 1. The fraction of sp³-hybridized carbons (Fsp3) is 0.308. The molecule has 0 saturated carbocycles. The van der Waals surface area contributed by atoms with Gasteiger partial charge in [-0.15, -0.1) is 0 Å². The molecule has 1 atom stereocenters. The Labute approximate surface area is 111 Å². The lowest BCUT2D eigenvalue weighted by atomic mass is 10.3. The van der Waals surface area contributed by atoms with Crippen molar-refractivity contribution < 1.29 is 9.53 Å². The largest absolute Gasteiger partial charge is 0.492 e. The number of amides is 1. The van der Waals surface area contributed by atoms with E-state index in [1.54, 1.807) is 6.92 Å². The fourth-order valence-electron chi connectivity index (χ4n) is 1.55. The molecule has 6 nitrogen and oxygen atoms in total. The van der Waals surface area contributed by atoms with Crippen LogP contribution in [0.4, 0.5) is 0 Å². The summed E-state index contributed by atoms with van der Waals surface area (Å²) in [5.74, 6) is 0.684. The second-order valence-corrected chi connectivity index (χ2v) is 4.00. The fourth-order valence-corrected chi connectivity index (χ4v) is 1.55. The van der Waals surface area contributed by atoms with E-state index in [2.05, 4.69) is 15.4 Å². The molecule has 1 heterocycles. The molecule has 1 N–H and O–H groups in total. The minimum absolute atomic E-state index is 0.109. The number of rotatable bonds is 6. The zero-order valence-electron chi connectivity index (χ0n) is 10.7. The minimum Gasteiger partial charge on any atom is -0.492 e. The quantitative estimate of drug-likeness (QED) is 0.788.